The fourth-order valence-electron chi connectivity index (χ4n) is 0.808. The standard InChI is InChI=1S/C10H18/c1-5-9(4)8-10(6-2)7-3/h6,8H,5,7H2,1-4H3. The van der Waals surface area contributed by atoms with Crippen LogP contribution < -0.4 is 0 Å². The van der Waals surface area contributed by atoms with Crippen molar-refractivity contribution >= 4 is 0 Å². The van der Waals surface area contributed by atoms with Crippen LogP contribution in [0.4, 0.5) is 0 Å². The van der Waals surface area contributed by atoms with Crippen LogP contribution >= 0.6 is 0 Å². The summed E-state index contributed by atoms with van der Waals surface area (Å²) in [6.07, 6.45) is 6.77. The smallest absolute Gasteiger partial charge is 0.0311 e. The molecule has 10 heavy (non-hydrogen) atoms. The van der Waals surface area contributed by atoms with Crippen LogP contribution in [0, 0.1) is 0 Å². The molecular formula is C10H18. The Morgan fingerprint density at radius 2 is 1.80 bits per heavy atom. The van der Waals surface area contributed by atoms with Gasteiger partial charge in [-0.1, -0.05) is 37.1 Å². The van der Waals surface area contributed by atoms with Gasteiger partial charge in [-0.2, -0.15) is 0 Å². The van der Waals surface area contributed by atoms with Crippen LogP contribution in [0.15, 0.2) is 23.3 Å². The lowest BCUT2D eigenvalue weighted by molar-refractivity contribution is 1.07. The lowest BCUT2D eigenvalue weighted by Crippen LogP contribution is -1.77. The second-order valence-electron chi connectivity index (χ2n) is 2.56. The quantitative estimate of drug-likeness (QED) is 0.522. The lowest BCUT2D eigenvalue weighted by atomic mass is 10.1. The monoisotopic (exact) mass is 138 g/mol. The highest BCUT2D eigenvalue weighted by molar-refractivity contribution is 5.21. The van der Waals surface area contributed by atoms with Crippen LogP contribution in [0.2, 0.25) is 0 Å². The summed E-state index contributed by atoms with van der Waals surface area (Å²) in [5.41, 5.74) is 2.91. The highest BCUT2D eigenvalue weighted by Gasteiger charge is 1.87. The summed E-state index contributed by atoms with van der Waals surface area (Å²) < 4.78 is 0. The first-order valence-corrected chi connectivity index (χ1v) is 4.06. The zero-order chi connectivity index (χ0) is 7.98. The van der Waals surface area contributed by atoms with Crippen LogP contribution in [0.1, 0.15) is 40.5 Å². The zero-order valence-corrected chi connectivity index (χ0v) is 7.57. The van der Waals surface area contributed by atoms with Crippen molar-refractivity contribution in [2.24, 2.45) is 0 Å². The van der Waals surface area contributed by atoms with Gasteiger partial charge in [0.05, 0.1) is 0 Å². The van der Waals surface area contributed by atoms with E-state index in [-0.39, 0.29) is 0 Å². The predicted octanol–water partition coefficient (Wildman–Crippen LogP) is 3.70. The third kappa shape index (κ3) is 3.49. The van der Waals surface area contributed by atoms with Crippen molar-refractivity contribution < 1.29 is 0 Å². The molecule has 0 aromatic rings. The molecule has 0 unspecified atom stereocenters. The molecule has 0 heterocycles. The molecule has 0 amide bonds. The molecule has 0 spiro atoms. The molecule has 0 bridgehead atoms. The zero-order valence-electron chi connectivity index (χ0n) is 7.57. The van der Waals surface area contributed by atoms with Crippen molar-refractivity contribution in [3.63, 3.8) is 0 Å². The molecule has 58 valence electrons. The molecule has 0 aliphatic carbocycles. The molecule has 0 aromatic carbocycles. The Kier molecular flexibility index (Phi) is 5.00. The SMILES string of the molecule is CC=C(C=C(C)CC)CC. The number of hydrogen-bond donors (Lipinski definition) is 0. The van der Waals surface area contributed by atoms with Gasteiger partial charge < -0.3 is 0 Å². The Bertz CT molecular complexity index is 138. The first kappa shape index (κ1) is 9.48. The maximum absolute atomic E-state index is 2.28. The molecule has 0 N–H and O–H groups in total. The Labute approximate surface area is 64.6 Å². The van der Waals surface area contributed by atoms with Gasteiger partial charge in [0.25, 0.3) is 0 Å². The van der Waals surface area contributed by atoms with Gasteiger partial charge in [-0.15, -0.1) is 0 Å². The van der Waals surface area contributed by atoms with E-state index in [9.17, 15) is 0 Å². The topological polar surface area (TPSA) is 0 Å². The highest BCUT2D eigenvalue weighted by atomic mass is 13.9. The Morgan fingerprint density at radius 1 is 1.20 bits per heavy atom. The summed E-state index contributed by atoms with van der Waals surface area (Å²) in [7, 11) is 0. The van der Waals surface area contributed by atoms with Gasteiger partial charge in [0.15, 0.2) is 0 Å². The molecule has 0 rings (SSSR count). The van der Waals surface area contributed by atoms with Gasteiger partial charge in [0.2, 0.25) is 0 Å². The predicted molar refractivity (Wildman–Crippen MR) is 48.1 cm³/mol. The van der Waals surface area contributed by atoms with Gasteiger partial charge in [-0.05, 0) is 26.7 Å². The van der Waals surface area contributed by atoms with Crippen LogP contribution in [0.5, 0.6) is 0 Å². The molecule has 0 saturated heterocycles. The second kappa shape index (κ2) is 5.28. The summed E-state index contributed by atoms with van der Waals surface area (Å²) in [6.45, 7) is 8.65. The molecule has 0 aliphatic rings. The van der Waals surface area contributed by atoms with E-state index in [4.69, 9.17) is 0 Å². The van der Waals surface area contributed by atoms with E-state index in [1.54, 1.807) is 0 Å². The molecule has 0 aliphatic heterocycles. The second-order valence-corrected chi connectivity index (χ2v) is 2.56. The van der Waals surface area contributed by atoms with Crippen molar-refractivity contribution in [2.45, 2.75) is 40.5 Å². The van der Waals surface area contributed by atoms with Crippen LogP contribution in [-0.2, 0) is 0 Å². The van der Waals surface area contributed by atoms with Crippen LogP contribution in [-0.4, -0.2) is 0 Å². The summed E-state index contributed by atoms with van der Waals surface area (Å²) in [5, 5.41) is 0. The van der Waals surface area contributed by atoms with Gasteiger partial charge in [-0.3, -0.25) is 0 Å². The molecule has 0 saturated carbocycles. The average Bonchev–Trinajstić information content (AvgIpc) is 1.99. The van der Waals surface area contributed by atoms with Gasteiger partial charge in [0, 0.05) is 0 Å². The van der Waals surface area contributed by atoms with E-state index >= 15 is 0 Å². The number of rotatable bonds is 3. The van der Waals surface area contributed by atoms with Gasteiger partial charge in [0.1, 0.15) is 0 Å². The van der Waals surface area contributed by atoms with E-state index in [2.05, 4.69) is 39.8 Å². The molecule has 0 atom stereocenters. The third-order valence-corrected chi connectivity index (χ3v) is 1.77. The molecule has 0 heteroatoms. The molecule has 0 radical (unpaired) electrons. The first-order chi connectivity index (χ1) is 4.74. The maximum Gasteiger partial charge on any atom is -0.0311 e. The summed E-state index contributed by atoms with van der Waals surface area (Å²) >= 11 is 0. The highest BCUT2D eigenvalue weighted by Crippen LogP contribution is 2.08. The lowest BCUT2D eigenvalue weighted by Gasteiger charge is -1.97. The van der Waals surface area contributed by atoms with E-state index in [1.165, 1.54) is 11.1 Å². The molecular weight excluding hydrogens is 120 g/mol. The van der Waals surface area contributed by atoms with E-state index < -0.39 is 0 Å². The van der Waals surface area contributed by atoms with Crippen molar-refractivity contribution in [2.75, 3.05) is 0 Å². The first-order valence-electron chi connectivity index (χ1n) is 4.06. The minimum atomic E-state index is 1.15. The summed E-state index contributed by atoms with van der Waals surface area (Å²) in [4.78, 5) is 0. The van der Waals surface area contributed by atoms with Gasteiger partial charge >= 0.3 is 0 Å². The van der Waals surface area contributed by atoms with Crippen LogP contribution in [0.25, 0.3) is 0 Å². The third-order valence-electron chi connectivity index (χ3n) is 1.77. The minimum Gasteiger partial charge on any atom is -0.0845 e. The van der Waals surface area contributed by atoms with Gasteiger partial charge in [-0.25, -0.2) is 0 Å². The Morgan fingerprint density at radius 3 is 2.10 bits per heavy atom. The molecule has 0 nitrogen and oxygen atoms in total. The van der Waals surface area contributed by atoms with E-state index in [0.717, 1.165) is 12.8 Å². The van der Waals surface area contributed by atoms with Crippen LogP contribution in [0.3, 0.4) is 0 Å². The summed E-state index contributed by atoms with van der Waals surface area (Å²) in [6, 6.07) is 0. The van der Waals surface area contributed by atoms with E-state index in [0.29, 0.717) is 0 Å². The van der Waals surface area contributed by atoms with Crippen molar-refractivity contribution in [1.82, 2.24) is 0 Å². The van der Waals surface area contributed by atoms with E-state index in [1.807, 2.05) is 0 Å². The van der Waals surface area contributed by atoms with Crippen molar-refractivity contribution in [3.05, 3.63) is 23.3 Å². The largest absolute Gasteiger partial charge is 0.0845 e. The fourth-order valence-corrected chi connectivity index (χ4v) is 0.808. The normalized spacial score (nSPS) is 14.0. The fraction of sp³-hybridized carbons (Fsp3) is 0.600. The van der Waals surface area contributed by atoms with Crippen molar-refractivity contribution in [1.29, 1.82) is 0 Å². The maximum atomic E-state index is 2.28. The number of hydrogen-bond acceptors (Lipinski definition) is 0. The van der Waals surface area contributed by atoms with Crippen molar-refractivity contribution in [3.8, 4) is 0 Å². The molecule has 0 fully saturated rings. The summed E-state index contributed by atoms with van der Waals surface area (Å²) in [5.74, 6) is 0. The number of allylic oxidation sites excluding steroid dienone is 4. The Hall–Kier alpha value is -0.520. The average molecular weight is 138 g/mol. The molecule has 0 aromatic heterocycles. The Balaban J connectivity index is 4.08. The minimum absolute atomic E-state index is 1.15.